The van der Waals surface area contributed by atoms with Crippen LogP contribution in [-0.2, 0) is 6.54 Å². The van der Waals surface area contributed by atoms with Gasteiger partial charge in [-0.25, -0.2) is 0 Å². The van der Waals surface area contributed by atoms with E-state index in [0.29, 0.717) is 0 Å². The molecule has 1 aromatic carbocycles. The van der Waals surface area contributed by atoms with Gasteiger partial charge in [0.15, 0.2) is 0 Å². The number of nitrogens with one attached hydrogen (secondary N) is 1. The van der Waals surface area contributed by atoms with E-state index in [4.69, 9.17) is 11.6 Å². The lowest BCUT2D eigenvalue weighted by molar-refractivity contribution is 0.519. The molecule has 0 bridgehead atoms. The summed E-state index contributed by atoms with van der Waals surface area (Å²) in [6.07, 6.45) is 2.79. The number of hydrogen-bond donors (Lipinski definition) is 1. The number of aromatic nitrogens is 2. The van der Waals surface area contributed by atoms with Gasteiger partial charge in [-0.05, 0) is 53.6 Å². The SMILES string of the molecule is CCCn1ncc(Cl)c1C(NCC)c1cccc(C)c1I. The van der Waals surface area contributed by atoms with Crippen LogP contribution in [0.25, 0.3) is 0 Å². The Kier molecular flexibility index (Phi) is 6.08. The molecule has 21 heavy (non-hydrogen) atoms. The van der Waals surface area contributed by atoms with Crippen molar-refractivity contribution in [2.75, 3.05) is 6.54 Å². The fourth-order valence-electron chi connectivity index (χ4n) is 2.50. The van der Waals surface area contributed by atoms with E-state index in [2.05, 4.69) is 72.0 Å². The molecule has 1 N–H and O–H groups in total. The Morgan fingerprint density at radius 3 is 2.81 bits per heavy atom. The Hall–Kier alpha value is -0.590. The lowest BCUT2D eigenvalue weighted by atomic mass is 10.0. The molecule has 0 saturated heterocycles. The summed E-state index contributed by atoms with van der Waals surface area (Å²) in [5, 5.41) is 8.72. The summed E-state index contributed by atoms with van der Waals surface area (Å²) < 4.78 is 3.30. The normalized spacial score (nSPS) is 12.6. The number of halogens is 2. The average molecular weight is 418 g/mol. The highest BCUT2D eigenvalue weighted by Crippen LogP contribution is 2.32. The second kappa shape index (κ2) is 7.61. The molecule has 0 aliphatic carbocycles. The Balaban J connectivity index is 2.53. The van der Waals surface area contributed by atoms with Crippen molar-refractivity contribution in [3.05, 3.63) is 49.8 Å². The largest absolute Gasteiger partial charge is 0.305 e. The standard InChI is InChI=1S/C16H21ClIN3/c1-4-9-21-16(13(17)10-20-21)15(19-5-2)12-8-6-7-11(3)14(12)18/h6-8,10,15,19H,4-5,9H2,1-3H3. The molecule has 0 aliphatic heterocycles. The number of hydrogen-bond acceptors (Lipinski definition) is 2. The molecule has 0 radical (unpaired) electrons. The summed E-state index contributed by atoms with van der Waals surface area (Å²) in [6, 6.07) is 6.48. The van der Waals surface area contributed by atoms with Gasteiger partial charge in [0.25, 0.3) is 0 Å². The molecular weight excluding hydrogens is 397 g/mol. The lowest BCUT2D eigenvalue weighted by Crippen LogP contribution is -2.26. The zero-order valence-electron chi connectivity index (χ0n) is 12.7. The van der Waals surface area contributed by atoms with Crippen LogP contribution >= 0.6 is 34.2 Å². The van der Waals surface area contributed by atoms with Gasteiger partial charge in [0.05, 0.1) is 23.0 Å². The summed E-state index contributed by atoms with van der Waals surface area (Å²) in [4.78, 5) is 0. The Bertz CT molecular complexity index is 610. The molecule has 1 atom stereocenters. The highest BCUT2D eigenvalue weighted by molar-refractivity contribution is 14.1. The summed E-state index contributed by atoms with van der Waals surface area (Å²) in [5.41, 5.74) is 3.61. The average Bonchev–Trinajstić information content (AvgIpc) is 2.81. The fourth-order valence-corrected chi connectivity index (χ4v) is 3.42. The summed E-state index contributed by atoms with van der Waals surface area (Å²) in [7, 11) is 0. The predicted octanol–water partition coefficient (Wildman–Crippen LogP) is 4.56. The predicted molar refractivity (Wildman–Crippen MR) is 96.9 cm³/mol. The molecule has 0 saturated carbocycles. The third kappa shape index (κ3) is 3.60. The van der Waals surface area contributed by atoms with Gasteiger partial charge in [0.1, 0.15) is 0 Å². The third-order valence-corrected chi connectivity index (χ3v) is 5.25. The van der Waals surface area contributed by atoms with E-state index < -0.39 is 0 Å². The molecule has 0 aliphatic rings. The number of rotatable bonds is 6. The van der Waals surface area contributed by atoms with Crippen LogP contribution in [0.1, 0.15) is 43.1 Å². The maximum atomic E-state index is 6.43. The fraction of sp³-hybridized carbons (Fsp3) is 0.438. The Morgan fingerprint density at radius 1 is 1.38 bits per heavy atom. The molecule has 1 heterocycles. The first-order valence-electron chi connectivity index (χ1n) is 7.29. The summed E-state index contributed by atoms with van der Waals surface area (Å²) in [5.74, 6) is 0. The van der Waals surface area contributed by atoms with Crippen molar-refractivity contribution >= 4 is 34.2 Å². The van der Waals surface area contributed by atoms with Crippen LogP contribution in [0.15, 0.2) is 24.4 Å². The van der Waals surface area contributed by atoms with Gasteiger partial charge >= 0.3 is 0 Å². The van der Waals surface area contributed by atoms with Crippen LogP contribution in [0.4, 0.5) is 0 Å². The summed E-state index contributed by atoms with van der Waals surface area (Å²) in [6.45, 7) is 8.16. The van der Waals surface area contributed by atoms with E-state index in [-0.39, 0.29) is 6.04 Å². The van der Waals surface area contributed by atoms with E-state index in [1.54, 1.807) is 6.20 Å². The molecule has 114 valence electrons. The van der Waals surface area contributed by atoms with Crippen molar-refractivity contribution in [3.63, 3.8) is 0 Å². The van der Waals surface area contributed by atoms with E-state index in [9.17, 15) is 0 Å². The van der Waals surface area contributed by atoms with Crippen LogP contribution in [0, 0.1) is 10.5 Å². The van der Waals surface area contributed by atoms with Crippen LogP contribution in [0.5, 0.6) is 0 Å². The molecule has 2 rings (SSSR count). The molecule has 0 amide bonds. The molecule has 1 aromatic heterocycles. The van der Waals surface area contributed by atoms with E-state index in [1.165, 1.54) is 14.7 Å². The zero-order chi connectivity index (χ0) is 15.4. The summed E-state index contributed by atoms with van der Waals surface area (Å²) >= 11 is 8.84. The topological polar surface area (TPSA) is 29.9 Å². The molecule has 0 spiro atoms. The first-order valence-corrected chi connectivity index (χ1v) is 8.75. The van der Waals surface area contributed by atoms with E-state index >= 15 is 0 Å². The van der Waals surface area contributed by atoms with Crippen LogP contribution in [-0.4, -0.2) is 16.3 Å². The maximum absolute atomic E-state index is 6.43. The van der Waals surface area contributed by atoms with Gasteiger partial charge in [0.2, 0.25) is 0 Å². The molecule has 0 fully saturated rings. The monoisotopic (exact) mass is 417 g/mol. The number of aryl methyl sites for hydroxylation is 2. The minimum absolute atomic E-state index is 0.0725. The quantitative estimate of drug-likeness (QED) is 0.698. The third-order valence-electron chi connectivity index (χ3n) is 3.48. The van der Waals surface area contributed by atoms with Crippen molar-refractivity contribution in [1.82, 2.24) is 15.1 Å². The highest BCUT2D eigenvalue weighted by atomic mass is 127. The first-order chi connectivity index (χ1) is 10.1. The lowest BCUT2D eigenvalue weighted by Gasteiger charge is -2.22. The van der Waals surface area contributed by atoms with Crippen molar-refractivity contribution in [1.29, 1.82) is 0 Å². The second-order valence-corrected chi connectivity index (χ2v) is 6.56. The molecule has 5 heteroatoms. The van der Waals surface area contributed by atoms with Gasteiger partial charge in [-0.2, -0.15) is 5.10 Å². The van der Waals surface area contributed by atoms with Crippen LogP contribution in [0.2, 0.25) is 5.02 Å². The maximum Gasteiger partial charge on any atom is 0.0837 e. The minimum atomic E-state index is 0.0725. The van der Waals surface area contributed by atoms with E-state index in [0.717, 1.165) is 30.2 Å². The van der Waals surface area contributed by atoms with Gasteiger partial charge in [-0.15, -0.1) is 0 Å². The van der Waals surface area contributed by atoms with Gasteiger partial charge in [0, 0.05) is 10.1 Å². The van der Waals surface area contributed by atoms with Crippen molar-refractivity contribution in [2.24, 2.45) is 0 Å². The molecule has 1 unspecified atom stereocenters. The molecule has 3 nitrogen and oxygen atoms in total. The molecule has 2 aromatic rings. The zero-order valence-corrected chi connectivity index (χ0v) is 15.6. The van der Waals surface area contributed by atoms with Crippen LogP contribution < -0.4 is 5.32 Å². The van der Waals surface area contributed by atoms with Crippen LogP contribution in [0.3, 0.4) is 0 Å². The Labute approximate surface area is 145 Å². The number of benzene rings is 1. The highest BCUT2D eigenvalue weighted by Gasteiger charge is 2.23. The second-order valence-electron chi connectivity index (χ2n) is 5.07. The van der Waals surface area contributed by atoms with Gasteiger partial charge < -0.3 is 5.32 Å². The smallest absolute Gasteiger partial charge is 0.0837 e. The molecular formula is C16H21ClIN3. The van der Waals surface area contributed by atoms with Crippen molar-refractivity contribution in [3.8, 4) is 0 Å². The van der Waals surface area contributed by atoms with Gasteiger partial charge in [-0.1, -0.05) is 43.6 Å². The van der Waals surface area contributed by atoms with E-state index in [1.807, 2.05) is 4.68 Å². The van der Waals surface area contributed by atoms with Gasteiger partial charge in [-0.3, -0.25) is 4.68 Å². The first kappa shape index (κ1) is 16.8. The van der Waals surface area contributed by atoms with Crippen molar-refractivity contribution in [2.45, 2.75) is 39.8 Å². The minimum Gasteiger partial charge on any atom is -0.305 e. The van der Waals surface area contributed by atoms with Crippen molar-refractivity contribution < 1.29 is 0 Å². The number of nitrogens with zero attached hydrogens (tertiary/aromatic N) is 2. The Morgan fingerprint density at radius 2 is 2.14 bits per heavy atom.